The second-order valence-corrected chi connectivity index (χ2v) is 5.10. The Morgan fingerprint density at radius 1 is 1.33 bits per heavy atom. The van der Waals surface area contributed by atoms with Gasteiger partial charge in [0.1, 0.15) is 6.04 Å². The summed E-state index contributed by atoms with van der Waals surface area (Å²) in [5.41, 5.74) is 0. The van der Waals surface area contributed by atoms with E-state index in [0.717, 1.165) is 25.9 Å². The first kappa shape index (κ1) is 17.4. The van der Waals surface area contributed by atoms with Gasteiger partial charge in [0.05, 0.1) is 13.2 Å². The molecule has 1 heterocycles. The molecule has 1 saturated heterocycles. The average Bonchev–Trinajstić information content (AvgIpc) is 2.49. The van der Waals surface area contributed by atoms with E-state index in [9.17, 15) is 14.4 Å². The van der Waals surface area contributed by atoms with Crippen molar-refractivity contribution in [2.24, 2.45) is 0 Å². The number of carbonyl (C=O) groups is 3. The lowest BCUT2D eigenvalue weighted by Gasteiger charge is -2.22. The average molecular weight is 301 g/mol. The van der Waals surface area contributed by atoms with E-state index in [1.54, 1.807) is 0 Å². The number of aliphatic carboxylic acids is 1. The second kappa shape index (κ2) is 9.33. The van der Waals surface area contributed by atoms with Gasteiger partial charge in [-0.2, -0.15) is 0 Å². The highest BCUT2D eigenvalue weighted by Crippen LogP contribution is 2.16. The third kappa shape index (κ3) is 7.08. The zero-order valence-electron chi connectivity index (χ0n) is 12.3. The van der Waals surface area contributed by atoms with Gasteiger partial charge >= 0.3 is 11.9 Å². The van der Waals surface area contributed by atoms with E-state index in [2.05, 4.69) is 10.1 Å². The van der Waals surface area contributed by atoms with Crippen molar-refractivity contribution in [1.29, 1.82) is 0 Å². The standard InChI is InChI=1S/C14H23NO6/c1-20-13(17)8-6-11(14(18)19)15-12(16)7-5-10-4-2-3-9-21-10/h10-11H,2-9H2,1H3,(H,15,16)(H,18,19)/t10?,11-/m1/s1. The highest BCUT2D eigenvalue weighted by molar-refractivity contribution is 5.84. The first-order valence-electron chi connectivity index (χ1n) is 7.23. The summed E-state index contributed by atoms with van der Waals surface area (Å²) in [5.74, 6) is -1.98. The lowest BCUT2D eigenvalue weighted by Crippen LogP contribution is -2.41. The van der Waals surface area contributed by atoms with Gasteiger partial charge in [-0.3, -0.25) is 9.59 Å². The maximum Gasteiger partial charge on any atom is 0.326 e. The van der Waals surface area contributed by atoms with Crippen molar-refractivity contribution >= 4 is 17.8 Å². The van der Waals surface area contributed by atoms with Crippen LogP contribution in [-0.2, 0) is 23.9 Å². The molecule has 1 aliphatic rings. The van der Waals surface area contributed by atoms with E-state index in [-0.39, 0.29) is 31.3 Å². The van der Waals surface area contributed by atoms with Crippen LogP contribution in [-0.4, -0.2) is 48.8 Å². The Balaban J connectivity index is 2.30. The number of amides is 1. The van der Waals surface area contributed by atoms with Crippen molar-refractivity contribution < 1.29 is 29.0 Å². The molecule has 1 rings (SSSR count). The summed E-state index contributed by atoms with van der Waals surface area (Å²) in [4.78, 5) is 33.8. The van der Waals surface area contributed by atoms with Crippen LogP contribution in [0.1, 0.15) is 44.9 Å². The van der Waals surface area contributed by atoms with E-state index in [4.69, 9.17) is 9.84 Å². The van der Waals surface area contributed by atoms with Crippen molar-refractivity contribution in [2.45, 2.75) is 57.1 Å². The Bertz CT molecular complexity index is 364. The number of carbonyl (C=O) groups excluding carboxylic acids is 2. The number of nitrogens with one attached hydrogen (secondary N) is 1. The van der Waals surface area contributed by atoms with Gasteiger partial charge in [0, 0.05) is 19.4 Å². The van der Waals surface area contributed by atoms with Crippen LogP contribution in [0.2, 0.25) is 0 Å². The molecule has 1 amide bonds. The van der Waals surface area contributed by atoms with Crippen LogP contribution in [0, 0.1) is 0 Å². The molecule has 7 heteroatoms. The molecule has 7 nitrogen and oxygen atoms in total. The fraction of sp³-hybridized carbons (Fsp3) is 0.786. The SMILES string of the molecule is COC(=O)CC[C@@H](NC(=O)CCC1CCCCO1)C(=O)O. The van der Waals surface area contributed by atoms with E-state index in [0.29, 0.717) is 6.42 Å². The molecule has 2 atom stereocenters. The van der Waals surface area contributed by atoms with E-state index in [1.807, 2.05) is 0 Å². The van der Waals surface area contributed by atoms with Crippen LogP contribution in [0.25, 0.3) is 0 Å². The summed E-state index contributed by atoms with van der Waals surface area (Å²) in [6.45, 7) is 0.725. The molecule has 0 spiro atoms. The number of ether oxygens (including phenoxy) is 2. The number of carboxylic acid groups (broad SMARTS) is 1. The smallest absolute Gasteiger partial charge is 0.326 e. The highest BCUT2D eigenvalue weighted by atomic mass is 16.5. The number of hydrogen-bond donors (Lipinski definition) is 2. The summed E-state index contributed by atoms with van der Waals surface area (Å²) in [6, 6.07) is -1.07. The molecule has 0 radical (unpaired) electrons. The summed E-state index contributed by atoms with van der Waals surface area (Å²) >= 11 is 0. The lowest BCUT2D eigenvalue weighted by molar-refractivity contribution is -0.144. The third-order valence-corrected chi connectivity index (χ3v) is 3.47. The summed E-state index contributed by atoms with van der Waals surface area (Å²) in [5, 5.41) is 11.5. The molecular formula is C14H23NO6. The zero-order chi connectivity index (χ0) is 15.7. The minimum Gasteiger partial charge on any atom is -0.480 e. The maximum absolute atomic E-state index is 11.8. The largest absolute Gasteiger partial charge is 0.480 e. The molecule has 120 valence electrons. The van der Waals surface area contributed by atoms with Crippen LogP contribution < -0.4 is 5.32 Å². The van der Waals surface area contributed by atoms with E-state index < -0.39 is 18.0 Å². The molecule has 1 aliphatic heterocycles. The number of hydrogen-bond acceptors (Lipinski definition) is 5. The molecule has 0 saturated carbocycles. The first-order chi connectivity index (χ1) is 10.0. The number of esters is 1. The Kier molecular flexibility index (Phi) is 7.74. The van der Waals surface area contributed by atoms with Crippen LogP contribution in [0.15, 0.2) is 0 Å². The third-order valence-electron chi connectivity index (χ3n) is 3.47. The zero-order valence-corrected chi connectivity index (χ0v) is 12.3. The second-order valence-electron chi connectivity index (χ2n) is 5.10. The van der Waals surface area contributed by atoms with Gasteiger partial charge in [-0.1, -0.05) is 0 Å². The van der Waals surface area contributed by atoms with Gasteiger partial charge in [-0.15, -0.1) is 0 Å². The van der Waals surface area contributed by atoms with Crippen molar-refractivity contribution in [3.63, 3.8) is 0 Å². The maximum atomic E-state index is 11.8. The molecule has 1 unspecified atom stereocenters. The van der Waals surface area contributed by atoms with Crippen molar-refractivity contribution in [2.75, 3.05) is 13.7 Å². The monoisotopic (exact) mass is 301 g/mol. The minimum atomic E-state index is -1.15. The van der Waals surface area contributed by atoms with Crippen LogP contribution in [0.4, 0.5) is 0 Å². The van der Waals surface area contributed by atoms with Crippen molar-refractivity contribution in [1.82, 2.24) is 5.32 Å². The fourth-order valence-electron chi connectivity index (χ4n) is 2.22. The van der Waals surface area contributed by atoms with E-state index >= 15 is 0 Å². The van der Waals surface area contributed by atoms with Gasteiger partial charge in [0.2, 0.25) is 5.91 Å². The first-order valence-corrected chi connectivity index (χ1v) is 7.23. The van der Waals surface area contributed by atoms with Gasteiger partial charge in [-0.25, -0.2) is 4.79 Å². The number of carboxylic acids is 1. The molecule has 0 aromatic heterocycles. The molecular weight excluding hydrogens is 278 g/mol. The fourth-order valence-corrected chi connectivity index (χ4v) is 2.22. The Hall–Kier alpha value is -1.63. The van der Waals surface area contributed by atoms with Crippen molar-refractivity contribution in [3.05, 3.63) is 0 Å². The quantitative estimate of drug-likeness (QED) is 0.645. The molecule has 21 heavy (non-hydrogen) atoms. The summed E-state index contributed by atoms with van der Waals surface area (Å²) in [6.07, 6.45) is 3.98. The van der Waals surface area contributed by atoms with Crippen LogP contribution in [0.5, 0.6) is 0 Å². The molecule has 2 N–H and O–H groups in total. The Labute approximate surface area is 124 Å². The molecule has 0 aromatic carbocycles. The Morgan fingerprint density at radius 2 is 2.10 bits per heavy atom. The molecule has 0 aromatic rings. The van der Waals surface area contributed by atoms with Crippen LogP contribution in [0.3, 0.4) is 0 Å². The molecule has 0 aliphatic carbocycles. The normalized spacial score (nSPS) is 19.6. The highest BCUT2D eigenvalue weighted by Gasteiger charge is 2.22. The van der Waals surface area contributed by atoms with Crippen molar-refractivity contribution in [3.8, 4) is 0 Å². The molecule has 0 bridgehead atoms. The number of rotatable bonds is 8. The Morgan fingerprint density at radius 3 is 2.67 bits per heavy atom. The summed E-state index contributed by atoms with van der Waals surface area (Å²) < 4.78 is 9.97. The van der Waals surface area contributed by atoms with E-state index in [1.165, 1.54) is 7.11 Å². The predicted octanol–water partition coefficient (Wildman–Crippen LogP) is 0.858. The molecule has 1 fully saturated rings. The van der Waals surface area contributed by atoms with Gasteiger partial charge < -0.3 is 19.9 Å². The minimum absolute atomic E-state index is 0.0215. The lowest BCUT2D eigenvalue weighted by atomic mass is 10.0. The van der Waals surface area contributed by atoms with Gasteiger partial charge in [0.15, 0.2) is 0 Å². The summed E-state index contributed by atoms with van der Waals surface area (Å²) in [7, 11) is 1.24. The van der Waals surface area contributed by atoms with Crippen LogP contribution >= 0.6 is 0 Å². The number of methoxy groups -OCH3 is 1. The predicted molar refractivity (Wildman–Crippen MR) is 73.6 cm³/mol. The van der Waals surface area contributed by atoms with Gasteiger partial charge in [-0.05, 0) is 32.1 Å². The topological polar surface area (TPSA) is 102 Å². The van der Waals surface area contributed by atoms with Gasteiger partial charge in [0.25, 0.3) is 0 Å².